The van der Waals surface area contributed by atoms with E-state index in [1.165, 1.54) is 7.11 Å². The molecule has 0 fully saturated rings. The summed E-state index contributed by atoms with van der Waals surface area (Å²) in [5.74, 6) is -0.323. The van der Waals surface area contributed by atoms with Gasteiger partial charge in [-0.25, -0.2) is 4.79 Å². The van der Waals surface area contributed by atoms with Crippen LogP contribution in [0.2, 0.25) is 0 Å². The van der Waals surface area contributed by atoms with Crippen molar-refractivity contribution >= 4 is 16.9 Å². The summed E-state index contributed by atoms with van der Waals surface area (Å²) in [6.07, 6.45) is 0. The third-order valence-corrected chi connectivity index (χ3v) is 3.16. The van der Waals surface area contributed by atoms with Crippen molar-refractivity contribution in [1.29, 1.82) is 0 Å². The van der Waals surface area contributed by atoms with E-state index in [0.717, 1.165) is 22.2 Å². The number of ether oxygens (including phenoxy) is 1. The number of benzene rings is 2. The van der Waals surface area contributed by atoms with Crippen molar-refractivity contribution in [3.8, 4) is 11.3 Å². The SMILES string of the molecule is COC(=O)c1c(-c2ccccc2)[nH]c2ccccc12. The van der Waals surface area contributed by atoms with Crippen LogP contribution < -0.4 is 0 Å². The lowest BCUT2D eigenvalue weighted by Crippen LogP contribution is -2.02. The summed E-state index contributed by atoms with van der Waals surface area (Å²) in [5, 5.41) is 0.883. The van der Waals surface area contributed by atoms with Gasteiger partial charge in [-0.2, -0.15) is 0 Å². The predicted molar refractivity (Wildman–Crippen MR) is 75.1 cm³/mol. The molecule has 1 aromatic heterocycles. The van der Waals surface area contributed by atoms with E-state index in [2.05, 4.69) is 4.98 Å². The largest absolute Gasteiger partial charge is 0.465 e. The van der Waals surface area contributed by atoms with Gasteiger partial charge in [0.05, 0.1) is 18.4 Å². The summed E-state index contributed by atoms with van der Waals surface area (Å²) in [7, 11) is 1.40. The number of hydrogen-bond acceptors (Lipinski definition) is 2. The normalized spacial score (nSPS) is 10.6. The number of fused-ring (bicyclic) bond motifs is 1. The van der Waals surface area contributed by atoms with E-state index < -0.39 is 0 Å². The second-order valence-corrected chi connectivity index (χ2v) is 4.28. The van der Waals surface area contributed by atoms with Crippen molar-refractivity contribution in [2.24, 2.45) is 0 Å². The molecule has 0 saturated carbocycles. The summed E-state index contributed by atoms with van der Waals surface area (Å²) in [4.78, 5) is 15.3. The molecule has 0 atom stereocenters. The topological polar surface area (TPSA) is 42.1 Å². The number of aromatic nitrogens is 1. The van der Waals surface area contributed by atoms with Crippen LogP contribution in [0, 0.1) is 0 Å². The molecule has 3 nitrogen and oxygen atoms in total. The Bertz CT molecular complexity index is 729. The molecule has 3 aromatic rings. The Labute approximate surface area is 110 Å². The number of hydrogen-bond donors (Lipinski definition) is 1. The summed E-state index contributed by atoms with van der Waals surface area (Å²) < 4.78 is 4.91. The maximum absolute atomic E-state index is 12.0. The van der Waals surface area contributed by atoms with Crippen LogP contribution in [0.1, 0.15) is 10.4 Å². The number of carbonyl (C=O) groups excluding carboxylic acids is 1. The van der Waals surface area contributed by atoms with E-state index >= 15 is 0 Å². The van der Waals surface area contributed by atoms with E-state index in [1.807, 2.05) is 54.6 Å². The average Bonchev–Trinajstić information content (AvgIpc) is 2.87. The van der Waals surface area contributed by atoms with E-state index in [1.54, 1.807) is 0 Å². The van der Waals surface area contributed by atoms with Crippen LogP contribution in [0.25, 0.3) is 22.2 Å². The second-order valence-electron chi connectivity index (χ2n) is 4.28. The fourth-order valence-electron chi connectivity index (χ4n) is 2.28. The Morgan fingerprint density at radius 3 is 2.42 bits per heavy atom. The zero-order valence-electron chi connectivity index (χ0n) is 10.5. The monoisotopic (exact) mass is 251 g/mol. The Morgan fingerprint density at radius 2 is 1.68 bits per heavy atom. The smallest absolute Gasteiger partial charge is 0.340 e. The number of methoxy groups -OCH3 is 1. The molecule has 1 N–H and O–H groups in total. The van der Waals surface area contributed by atoms with Gasteiger partial charge in [0, 0.05) is 10.9 Å². The van der Waals surface area contributed by atoms with E-state index in [4.69, 9.17) is 4.74 Å². The molecule has 3 rings (SSSR count). The first-order valence-corrected chi connectivity index (χ1v) is 6.05. The molecule has 0 spiro atoms. The van der Waals surface area contributed by atoms with Crippen LogP contribution in [0.3, 0.4) is 0 Å². The van der Waals surface area contributed by atoms with Gasteiger partial charge in [-0.15, -0.1) is 0 Å². The number of aromatic amines is 1. The van der Waals surface area contributed by atoms with Crippen molar-refractivity contribution in [1.82, 2.24) is 4.98 Å². The molecule has 2 aromatic carbocycles. The maximum Gasteiger partial charge on any atom is 0.340 e. The van der Waals surface area contributed by atoms with Crippen LogP contribution in [-0.4, -0.2) is 18.1 Å². The highest BCUT2D eigenvalue weighted by Gasteiger charge is 2.19. The summed E-state index contributed by atoms with van der Waals surface area (Å²) in [6.45, 7) is 0. The summed E-state index contributed by atoms with van der Waals surface area (Å²) in [5.41, 5.74) is 3.29. The van der Waals surface area contributed by atoms with Gasteiger partial charge in [-0.3, -0.25) is 0 Å². The fourth-order valence-corrected chi connectivity index (χ4v) is 2.28. The molecule has 0 amide bonds. The van der Waals surface area contributed by atoms with Gasteiger partial charge in [0.2, 0.25) is 0 Å². The van der Waals surface area contributed by atoms with Gasteiger partial charge in [-0.05, 0) is 11.6 Å². The van der Waals surface area contributed by atoms with Crippen LogP contribution in [0.4, 0.5) is 0 Å². The Morgan fingerprint density at radius 1 is 1.00 bits per heavy atom. The maximum atomic E-state index is 12.0. The summed E-state index contributed by atoms with van der Waals surface area (Å²) in [6, 6.07) is 17.5. The van der Waals surface area contributed by atoms with Gasteiger partial charge in [-0.1, -0.05) is 48.5 Å². The minimum Gasteiger partial charge on any atom is -0.465 e. The van der Waals surface area contributed by atoms with E-state index in [9.17, 15) is 4.79 Å². The Kier molecular flexibility index (Phi) is 2.80. The lowest BCUT2D eigenvalue weighted by Gasteiger charge is -2.03. The molecule has 0 bridgehead atoms. The van der Waals surface area contributed by atoms with Crippen molar-refractivity contribution in [2.75, 3.05) is 7.11 Å². The molecule has 3 heteroatoms. The predicted octanol–water partition coefficient (Wildman–Crippen LogP) is 3.62. The zero-order chi connectivity index (χ0) is 13.2. The van der Waals surface area contributed by atoms with Gasteiger partial charge in [0.1, 0.15) is 0 Å². The quantitative estimate of drug-likeness (QED) is 0.707. The standard InChI is InChI=1S/C16H13NO2/c1-19-16(18)14-12-9-5-6-10-13(12)17-15(14)11-7-3-2-4-8-11/h2-10,17H,1H3. The van der Waals surface area contributed by atoms with Crippen LogP contribution in [-0.2, 0) is 4.74 Å². The van der Waals surface area contributed by atoms with E-state index in [-0.39, 0.29) is 5.97 Å². The van der Waals surface area contributed by atoms with Gasteiger partial charge in [0.25, 0.3) is 0 Å². The number of carbonyl (C=O) groups is 1. The molecule has 0 unspecified atom stereocenters. The highest BCUT2D eigenvalue weighted by atomic mass is 16.5. The zero-order valence-corrected chi connectivity index (χ0v) is 10.5. The first-order valence-electron chi connectivity index (χ1n) is 6.05. The van der Waals surface area contributed by atoms with Crippen molar-refractivity contribution in [2.45, 2.75) is 0 Å². The first-order chi connectivity index (χ1) is 9.31. The molecule has 0 aliphatic carbocycles. The lowest BCUT2D eigenvalue weighted by atomic mass is 10.1. The molecule has 0 saturated heterocycles. The molecular weight excluding hydrogens is 238 g/mol. The number of esters is 1. The average molecular weight is 251 g/mol. The second kappa shape index (κ2) is 4.61. The molecule has 19 heavy (non-hydrogen) atoms. The van der Waals surface area contributed by atoms with Crippen LogP contribution >= 0.6 is 0 Å². The fraction of sp³-hybridized carbons (Fsp3) is 0.0625. The molecule has 94 valence electrons. The van der Waals surface area contributed by atoms with E-state index in [0.29, 0.717) is 5.56 Å². The van der Waals surface area contributed by atoms with Crippen molar-refractivity contribution in [3.05, 3.63) is 60.2 Å². The molecule has 0 aliphatic rings. The highest BCUT2D eigenvalue weighted by molar-refractivity contribution is 6.10. The minimum atomic E-state index is -0.323. The Hall–Kier alpha value is -2.55. The molecular formula is C16H13NO2. The van der Waals surface area contributed by atoms with Crippen molar-refractivity contribution in [3.63, 3.8) is 0 Å². The van der Waals surface area contributed by atoms with Crippen LogP contribution in [0.15, 0.2) is 54.6 Å². The Balaban J connectivity index is 2.32. The third-order valence-electron chi connectivity index (χ3n) is 3.16. The number of H-pyrrole nitrogens is 1. The van der Waals surface area contributed by atoms with Gasteiger partial charge in [0.15, 0.2) is 0 Å². The minimum absolute atomic E-state index is 0.323. The van der Waals surface area contributed by atoms with Crippen LogP contribution in [0.5, 0.6) is 0 Å². The molecule has 1 heterocycles. The molecule has 0 radical (unpaired) electrons. The van der Waals surface area contributed by atoms with Gasteiger partial charge < -0.3 is 9.72 Å². The third kappa shape index (κ3) is 1.89. The lowest BCUT2D eigenvalue weighted by molar-refractivity contribution is 0.0604. The highest BCUT2D eigenvalue weighted by Crippen LogP contribution is 2.30. The number of para-hydroxylation sites is 1. The first kappa shape index (κ1) is 11.5. The summed E-state index contributed by atoms with van der Waals surface area (Å²) >= 11 is 0. The number of nitrogens with one attached hydrogen (secondary N) is 1. The number of rotatable bonds is 2. The molecule has 0 aliphatic heterocycles. The van der Waals surface area contributed by atoms with Crippen molar-refractivity contribution < 1.29 is 9.53 Å². The van der Waals surface area contributed by atoms with Gasteiger partial charge >= 0.3 is 5.97 Å².